The predicted octanol–water partition coefficient (Wildman–Crippen LogP) is 5.61. The number of hydrogen-bond donors (Lipinski definition) is 0. The van der Waals surface area contributed by atoms with Crippen LogP contribution in [0.1, 0.15) is 19.3 Å². The van der Waals surface area contributed by atoms with Crippen LogP contribution in [-0.2, 0) is 60.1 Å². The van der Waals surface area contributed by atoms with E-state index >= 15 is 0 Å². The molecule has 69 heavy (non-hydrogen) atoms. The van der Waals surface area contributed by atoms with Crippen molar-refractivity contribution in [1.82, 2.24) is 11.1 Å². The van der Waals surface area contributed by atoms with Gasteiger partial charge in [-0.2, -0.15) is 79.0 Å². The van der Waals surface area contributed by atoms with E-state index in [0.717, 1.165) is 6.07 Å². The Bertz CT molecular complexity index is 2590. The molecule has 0 aliphatic heterocycles. The minimum Gasteiger partial charge on any atom is -0.202 e. The Kier molecular flexibility index (Phi) is 19.0. The Balaban J connectivity index is 4.08. The van der Waals surface area contributed by atoms with Crippen molar-refractivity contribution in [2.24, 2.45) is 0 Å². The molecule has 0 bridgehead atoms. The first-order valence-corrected chi connectivity index (χ1v) is 36.5. The average Bonchev–Trinajstić information content (AvgIpc) is 3.10. The monoisotopic (exact) mass is 1210 g/mol. The van der Waals surface area contributed by atoms with Gasteiger partial charge in [0.1, 0.15) is 0 Å². The van der Waals surface area contributed by atoms with E-state index in [1.165, 1.54) is 51.4 Å². The second-order valence-corrected chi connectivity index (χ2v) is 42.7. The summed E-state index contributed by atoms with van der Waals surface area (Å²) in [5.74, 6) is 0. The zero-order chi connectivity index (χ0) is 55.4. The second kappa shape index (κ2) is 20.1. The highest BCUT2D eigenvalue weighted by Gasteiger charge is 2.64. The predicted molar refractivity (Wildman–Crippen MR) is 216 cm³/mol. The van der Waals surface area contributed by atoms with Gasteiger partial charge in [-0.05, 0) is 19.3 Å². The Morgan fingerprint density at radius 2 is 0.551 bits per heavy atom. The van der Waals surface area contributed by atoms with Gasteiger partial charge in [-0.1, -0.05) is 102 Å². The summed E-state index contributed by atoms with van der Waals surface area (Å²) >= 11 is 0. The molecule has 15 nitrogen and oxygen atoms in total. The van der Waals surface area contributed by atoms with Crippen LogP contribution in [-0.4, -0.2) is 139 Å². The first kappa shape index (κ1) is 65.2. The van der Waals surface area contributed by atoms with Crippen LogP contribution in [0.4, 0.5) is 79.0 Å². The van der Waals surface area contributed by atoms with E-state index in [9.17, 15) is 130 Å². The molecule has 0 atom stereocenters. The summed E-state index contributed by atoms with van der Waals surface area (Å²) in [5, 5.41) is 0.0537. The molecular weight excluding hydrogens is 1180 g/mol. The van der Waals surface area contributed by atoms with Crippen molar-refractivity contribution in [3.8, 4) is 0 Å². The van der Waals surface area contributed by atoms with Crippen LogP contribution in [0.3, 0.4) is 0 Å². The van der Waals surface area contributed by atoms with Gasteiger partial charge in [0.15, 0.2) is 0 Å². The van der Waals surface area contributed by atoms with E-state index < -0.39 is 186 Å². The average molecular weight is 1220 g/mol. The molecule has 0 saturated heterocycles. The third kappa shape index (κ3) is 13.9. The molecule has 1 aromatic rings. The van der Waals surface area contributed by atoms with Crippen molar-refractivity contribution < 1.29 is 130 Å². The highest BCUT2D eigenvalue weighted by molar-refractivity contribution is 8.05. The Hall–Kier alpha value is -1.81. The standard InChI is InChI=1S/C27H39F18N3O12S6Si3/c1-67(2,15-7-12-46(61(49,50)22(28,29)30)62(51,52)23(31,32)33)19-10-11-20(68(3,4)16-8-13-47(63(53,54)24(34,35)36)64(55,56)25(37,38)39)21(18-19)69(5,6)17-9-14-48(65(57,58)26(40,41)42)66(59,60)27(43,44)45/h10-11,18H,7-9,12-17H2,1-6H3. The van der Waals surface area contributed by atoms with Crippen LogP contribution in [0.2, 0.25) is 57.4 Å². The summed E-state index contributed by atoms with van der Waals surface area (Å²) in [6.45, 7) is 1.69. The molecule has 42 heteroatoms. The molecule has 0 aliphatic rings. The van der Waals surface area contributed by atoms with Gasteiger partial charge < -0.3 is 0 Å². The minimum absolute atomic E-state index is 0.0234. The van der Waals surface area contributed by atoms with Gasteiger partial charge in [0.25, 0.3) is 0 Å². The molecule has 1 rings (SSSR count). The molecule has 0 aromatic heterocycles. The lowest BCUT2D eigenvalue weighted by Crippen LogP contribution is -2.61. The fourth-order valence-electron chi connectivity index (χ4n) is 6.28. The van der Waals surface area contributed by atoms with E-state index in [1.807, 2.05) is 0 Å². The van der Waals surface area contributed by atoms with Crippen molar-refractivity contribution in [2.75, 3.05) is 19.6 Å². The minimum atomic E-state index is -7.31. The lowest BCUT2D eigenvalue weighted by atomic mass is 10.3. The van der Waals surface area contributed by atoms with Gasteiger partial charge in [0.05, 0.1) is 24.2 Å². The highest BCUT2D eigenvalue weighted by Crippen LogP contribution is 2.39. The molecule has 408 valence electrons. The SMILES string of the molecule is C[Si](C)(CCCN(S(=O)(=O)C(F)(F)F)S(=O)(=O)C(F)(F)F)c1ccc([Si](C)(C)CCCN(S(=O)(=O)C(F)(F)F)S(=O)(=O)C(F)(F)F)c([Si](C)(C)CCCN(S(=O)(=O)C(F)(F)F)S(=O)(=O)C(F)(F)F)c1. The Labute approximate surface area is 386 Å². The normalized spacial score (nSPS) is 15.7. The zero-order valence-electron chi connectivity index (χ0n) is 35.6. The molecule has 0 saturated carbocycles. The van der Waals surface area contributed by atoms with E-state index in [2.05, 4.69) is 0 Å². The van der Waals surface area contributed by atoms with Crippen LogP contribution >= 0.6 is 0 Å². The van der Waals surface area contributed by atoms with Crippen LogP contribution in [0.25, 0.3) is 0 Å². The largest absolute Gasteiger partial charge is 0.512 e. The maximum atomic E-state index is 13.4. The summed E-state index contributed by atoms with van der Waals surface area (Å²) in [6.07, 6.45) is -3.35. The summed E-state index contributed by atoms with van der Waals surface area (Å²) in [7, 11) is -54.6. The Morgan fingerprint density at radius 3 is 0.768 bits per heavy atom. The van der Waals surface area contributed by atoms with Crippen LogP contribution < -0.4 is 15.6 Å². The number of halogens is 18. The number of benzene rings is 1. The fraction of sp³-hybridized carbons (Fsp3) is 0.778. The Morgan fingerprint density at radius 1 is 0.348 bits per heavy atom. The van der Waals surface area contributed by atoms with Gasteiger partial charge in [-0.3, -0.25) is 0 Å². The van der Waals surface area contributed by atoms with E-state index in [1.54, 1.807) is 0 Å². The number of alkyl halides is 18. The molecule has 0 N–H and O–H groups in total. The van der Waals surface area contributed by atoms with Gasteiger partial charge >= 0.3 is 93.2 Å². The number of nitrogens with zero attached hydrogens (tertiary/aromatic N) is 3. The third-order valence-corrected chi connectivity index (χ3v) is 32.1. The van der Waals surface area contributed by atoms with Crippen molar-refractivity contribution in [1.29, 1.82) is 0 Å². The summed E-state index contributed by atoms with van der Waals surface area (Å²) in [5.41, 5.74) is -39.7. The first-order chi connectivity index (χ1) is 29.8. The maximum Gasteiger partial charge on any atom is 0.512 e. The number of hydrogen-bond acceptors (Lipinski definition) is 12. The molecular formula is C27H39F18N3O12S6Si3. The van der Waals surface area contributed by atoms with Crippen LogP contribution in [0.15, 0.2) is 18.2 Å². The quantitative estimate of drug-likeness (QED) is 0.109. The van der Waals surface area contributed by atoms with E-state index in [-0.39, 0.29) is 15.6 Å². The first-order valence-electron chi connectivity index (χ1n) is 18.2. The molecule has 0 radical (unpaired) electrons. The van der Waals surface area contributed by atoms with Crippen molar-refractivity contribution >= 4 is 99.9 Å². The lowest BCUT2D eigenvalue weighted by molar-refractivity contribution is -0.0541. The topological polar surface area (TPSA) is 215 Å². The van der Waals surface area contributed by atoms with E-state index in [4.69, 9.17) is 0 Å². The summed E-state index contributed by atoms with van der Waals surface area (Å²) in [4.78, 5) is 0. The van der Waals surface area contributed by atoms with E-state index in [0.29, 0.717) is 0 Å². The van der Waals surface area contributed by atoms with Crippen molar-refractivity contribution in [2.45, 2.75) is 110 Å². The summed E-state index contributed by atoms with van der Waals surface area (Å²) < 4.78 is 380. The highest BCUT2D eigenvalue weighted by atomic mass is 32.3. The lowest BCUT2D eigenvalue weighted by Gasteiger charge is -2.35. The molecule has 0 heterocycles. The van der Waals surface area contributed by atoms with Crippen LogP contribution in [0, 0.1) is 0 Å². The van der Waals surface area contributed by atoms with Gasteiger partial charge in [-0.15, -0.1) is 0 Å². The van der Waals surface area contributed by atoms with Gasteiger partial charge in [0.2, 0.25) is 0 Å². The molecule has 0 spiro atoms. The van der Waals surface area contributed by atoms with Crippen molar-refractivity contribution in [3.05, 3.63) is 18.2 Å². The third-order valence-electron chi connectivity index (χ3n) is 10.1. The maximum absolute atomic E-state index is 13.4. The summed E-state index contributed by atoms with van der Waals surface area (Å²) in [6, 6.07) is 1.56. The van der Waals surface area contributed by atoms with Gasteiger partial charge in [-0.25, -0.2) is 50.5 Å². The van der Waals surface area contributed by atoms with Crippen LogP contribution in [0.5, 0.6) is 0 Å². The van der Waals surface area contributed by atoms with Crippen molar-refractivity contribution in [3.63, 3.8) is 0 Å². The van der Waals surface area contributed by atoms with Gasteiger partial charge in [0, 0.05) is 19.6 Å². The molecule has 0 aliphatic carbocycles. The molecule has 0 fully saturated rings. The molecule has 0 amide bonds. The molecule has 1 aromatic carbocycles. The molecule has 0 unspecified atom stereocenters. The number of sulfonamides is 6. The smallest absolute Gasteiger partial charge is 0.202 e. The second-order valence-electron chi connectivity index (χ2n) is 16.4. The fourth-order valence-corrected chi connectivity index (χ4v) is 24.4. The zero-order valence-corrected chi connectivity index (χ0v) is 43.5. The number of rotatable bonds is 21.